The predicted octanol–water partition coefficient (Wildman–Crippen LogP) is 15.8. The van der Waals surface area contributed by atoms with Crippen molar-refractivity contribution in [2.75, 3.05) is 13.2 Å². The molecule has 1 aliphatic rings. The highest BCUT2D eigenvalue weighted by Crippen LogP contribution is 2.27. The molecule has 3 N–H and O–H groups in total. The maximum atomic E-state index is 13.1. The number of aliphatic carboxylic acids is 1. The quantitative estimate of drug-likeness (QED) is 0.0228. The predicted molar refractivity (Wildman–Crippen MR) is 303 cm³/mol. The Balaban J connectivity index is 2.66. The van der Waals surface area contributed by atoms with Crippen LogP contribution in [-0.4, -0.2) is 89.2 Å². The van der Waals surface area contributed by atoms with Crippen molar-refractivity contribution in [1.29, 1.82) is 0 Å². The number of aliphatic hydroxyl groups is 2. The van der Waals surface area contributed by atoms with Crippen LogP contribution in [0.3, 0.4) is 0 Å². The lowest BCUT2D eigenvalue weighted by molar-refractivity contribution is -0.301. The van der Waals surface area contributed by atoms with Gasteiger partial charge >= 0.3 is 23.9 Å². The molecule has 6 unspecified atom stereocenters. The zero-order valence-electron chi connectivity index (χ0n) is 47.8. The number of carboxylic acids is 1. The highest BCUT2D eigenvalue weighted by atomic mass is 16.7. The number of rotatable bonds is 52. The van der Waals surface area contributed by atoms with Gasteiger partial charge in [-0.2, -0.15) is 0 Å². The molecule has 0 aliphatic carbocycles. The fraction of sp³-hybridized carbons (Fsp3) is 0.810. The number of unbranched alkanes of at least 4 members (excludes halogenated alkanes) is 30. The van der Waals surface area contributed by atoms with Gasteiger partial charge in [0.1, 0.15) is 18.8 Å². The van der Waals surface area contributed by atoms with Crippen LogP contribution in [0.25, 0.3) is 0 Å². The van der Waals surface area contributed by atoms with Crippen molar-refractivity contribution in [2.24, 2.45) is 0 Å². The molecular formula is C63H110O12. The summed E-state index contributed by atoms with van der Waals surface area (Å²) in [5.41, 5.74) is 0. The molecule has 434 valence electrons. The second-order valence-electron chi connectivity index (χ2n) is 21.0. The zero-order chi connectivity index (χ0) is 54.7. The third-order valence-corrected chi connectivity index (χ3v) is 13.9. The zero-order valence-corrected chi connectivity index (χ0v) is 47.8. The number of carbonyl (C=O) groups is 4. The molecule has 1 heterocycles. The maximum Gasteiger partial charge on any atom is 0.335 e. The average molecular weight is 1060 g/mol. The number of aliphatic hydroxyl groups excluding tert-OH is 2. The van der Waals surface area contributed by atoms with Gasteiger partial charge < -0.3 is 39.0 Å². The SMILES string of the molecule is CC/C=C\C/C=C\C/C=C\C/C=C\CCCCCCC(=O)OCC(COC1OC(C(=O)O)C(O)C(O)C1OC(=O)CCCCCCCCCCCCCCCCCCC)OC(=O)CCCCCCCCCCCCC. The van der Waals surface area contributed by atoms with Crippen LogP contribution in [0, 0.1) is 0 Å². The first-order valence-corrected chi connectivity index (χ1v) is 30.6. The molecule has 1 rings (SSSR count). The van der Waals surface area contributed by atoms with E-state index in [0.29, 0.717) is 19.3 Å². The molecular weight excluding hydrogens is 949 g/mol. The molecule has 1 saturated heterocycles. The van der Waals surface area contributed by atoms with E-state index in [0.717, 1.165) is 96.3 Å². The third-order valence-electron chi connectivity index (χ3n) is 13.9. The summed E-state index contributed by atoms with van der Waals surface area (Å²) in [6.45, 7) is 5.88. The second kappa shape index (κ2) is 51.4. The number of hydrogen-bond acceptors (Lipinski definition) is 11. The van der Waals surface area contributed by atoms with E-state index in [4.69, 9.17) is 23.7 Å². The maximum absolute atomic E-state index is 13.1. The van der Waals surface area contributed by atoms with Gasteiger partial charge in [-0.1, -0.05) is 249 Å². The van der Waals surface area contributed by atoms with Crippen molar-refractivity contribution in [3.05, 3.63) is 48.6 Å². The fourth-order valence-electron chi connectivity index (χ4n) is 9.24. The largest absolute Gasteiger partial charge is 0.479 e. The van der Waals surface area contributed by atoms with Crippen molar-refractivity contribution in [3.63, 3.8) is 0 Å². The van der Waals surface area contributed by atoms with E-state index in [1.807, 2.05) is 0 Å². The number of hydrogen-bond donors (Lipinski definition) is 3. The summed E-state index contributed by atoms with van der Waals surface area (Å²) in [4.78, 5) is 51.1. The van der Waals surface area contributed by atoms with E-state index in [2.05, 4.69) is 69.4 Å². The van der Waals surface area contributed by atoms with Gasteiger partial charge in [-0.3, -0.25) is 14.4 Å². The molecule has 0 bridgehead atoms. The highest BCUT2D eigenvalue weighted by Gasteiger charge is 2.50. The molecule has 12 nitrogen and oxygen atoms in total. The first-order valence-electron chi connectivity index (χ1n) is 30.6. The van der Waals surface area contributed by atoms with Gasteiger partial charge in [0.05, 0.1) is 6.61 Å². The minimum atomic E-state index is -1.90. The normalized spacial score (nSPS) is 18.4. The van der Waals surface area contributed by atoms with Gasteiger partial charge in [0.15, 0.2) is 24.6 Å². The fourth-order valence-corrected chi connectivity index (χ4v) is 9.24. The van der Waals surface area contributed by atoms with Crippen molar-refractivity contribution in [3.8, 4) is 0 Å². The Morgan fingerprint density at radius 1 is 0.453 bits per heavy atom. The van der Waals surface area contributed by atoms with Gasteiger partial charge in [-0.25, -0.2) is 4.79 Å². The summed E-state index contributed by atoms with van der Waals surface area (Å²) in [5, 5.41) is 31.5. The molecule has 1 aliphatic heterocycles. The molecule has 0 saturated carbocycles. The molecule has 0 aromatic heterocycles. The summed E-state index contributed by atoms with van der Waals surface area (Å²) in [5.74, 6) is -3.13. The molecule has 0 aromatic rings. The van der Waals surface area contributed by atoms with Crippen LogP contribution in [0.5, 0.6) is 0 Å². The Kier molecular flexibility index (Phi) is 47.8. The Morgan fingerprint density at radius 2 is 0.840 bits per heavy atom. The average Bonchev–Trinajstić information content (AvgIpc) is 3.39. The number of allylic oxidation sites excluding steroid dienone is 8. The molecule has 0 aromatic carbocycles. The first kappa shape index (κ1) is 69.7. The van der Waals surface area contributed by atoms with E-state index in [-0.39, 0.29) is 25.9 Å². The summed E-state index contributed by atoms with van der Waals surface area (Å²) in [6, 6.07) is 0. The minimum absolute atomic E-state index is 0.0630. The van der Waals surface area contributed by atoms with Crippen LogP contribution in [0.1, 0.15) is 278 Å². The van der Waals surface area contributed by atoms with Gasteiger partial charge in [0.25, 0.3) is 0 Å². The first-order chi connectivity index (χ1) is 36.6. The van der Waals surface area contributed by atoms with Crippen molar-refractivity contribution in [2.45, 2.75) is 314 Å². The van der Waals surface area contributed by atoms with E-state index in [1.54, 1.807) is 0 Å². The number of ether oxygens (including phenoxy) is 5. The summed E-state index contributed by atoms with van der Waals surface area (Å²) < 4.78 is 28.4. The van der Waals surface area contributed by atoms with Gasteiger partial charge in [-0.15, -0.1) is 0 Å². The summed E-state index contributed by atoms with van der Waals surface area (Å²) >= 11 is 0. The Morgan fingerprint density at radius 3 is 1.28 bits per heavy atom. The Labute approximate surface area is 456 Å². The van der Waals surface area contributed by atoms with Crippen LogP contribution in [0.2, 0.25) is 0 Å². The van der Waals surface area contributed by atoms with E-state index in [9.17, 15) is 34.5 Å². The molecule has 1 fully saturated rings. The van der Waals surface area contributed by atoms with Crippen LogP contribution in [-0.2, 0) is 42.9 Å². The van der Waals surface area contributed by atoms with Gasteiger partial charge in [0.2, 0.25) is 0 Å². The lowest BCUT2D eigenvalue weighted by atomic mass is 9.98. The minimum Gasteiger partial charge on any atom is -0.479 e. The molecule has 0 amide bonds. The Bertz CT molecular complexity index is 1490. The summed E-state index contributed by atoms with van der Waals surface area (Å²) in [6.07, 6.45) is 49.4. The van der Waals surface area contributed by atoms with Crippen molar-refractivity contribution >= 4 is 23.9 Å². The monoisotopic (exact) mass is 1060 g/mol. The Hall–Kier alpha value is -3.32. The second-order valence-corrected chi connectivity index (χ2v) is 21.0. The molecule has 0 spiro atoms. The molecule has 75 heavy (non-hydrogen) atoms. The van der Waals surface area contributed by atoms with Crippen molar-refractivity contribution < 1.29 is 58.2 Å². The van der Waals surface area contributed by atoms with Crippen molar-refractivity contribution in [1.82, 2.24) is 0 Å². The van der Waals surface area contributed by atoms with Crippen LogP contribution in [0.15, 0.2) is 48.6 Å². The van der Waals surface area contributed by atoms with Gasteiger partial charge in [-0.05, 0) is 57.8 Å². The molecule has 12 heteroatoms. The smallest absolute Gasteiger partial charge is 0.335 e. The lowest BCUT2D eigenvalue weighted by Gasteiger charge is -2.40. The number of carbonyl (C=O) groups excluding carboxylic acids is 3. The van der Waals surface area contributed by atoms with Crippen LogP contribution in [0.4, 0.5) is 0 Å². The lowest BCUT2D eigenvalue weighted by Crippen LogP contribution is -2.61. The summed E-state index contributed by atoms with van der Waals surface area (Å²) in [7, 11) is 0. The van der Waals surface area contributed by atoms with Crippen LogP contribution >= 0.6 is 0 Å². The highest BCUT2D eigenvalue weighted by molar-refractivity contribution is 5.74. The number of carboxylic acid groups (broad SMARTS) is 1. The van der Waals surface area contributed by atoms with Gasteiger partial charge in [0, 0.05) is 19.3 Å². The number of esters is 3. The third kappa shape index (κ3) is 41.5. The van der Waals surface area contributed by atoms with Crippen LogP contribution < -0.4 is 0 Å². The standard InChI is InChI=1S/C63H110O12/c1-4-7-10-13-16-19-22-24-26-28-30-32-35-37-40-43-46-49-55(64)71-52-54(73-56(65)50-47-44-41-38-34-21-18-15-12-9-6-3)53-72-63-61(59(68)58(67)60(75-63)62(69)70)74-57(66)51-48-45-42-39-36-33-31-29-27-25-23-20-17-14-11-8-5-2/h7,10,16,19,24,26,30,32,54,58-61,63,67-68H,4-6,8-9,11-15,17-18,20-23,25,27-29,31,33-53H2,1-3H3,(H,69,70)/b10-7-,19-16-,26-24-,32-30-. The topological polar surface area (TPSA) is 175 Å². The van der Waals surface area contributed by atoms with E-state index < -0.39 is 67.3 Å². The van der Waals surface area contributed by atoms with E-state index >= 15 is 0 Å². The van der Waals surface area contributed by atoms with E-state index in [1.165, 1.54) is 122 Å². The molecule has 6 atom stereocenters. The molecule has 0 radical (unpaired) electrons.